The van der Waals surface area contributed by atoms with Gasteiger partial charge in [0, 0.05) is 6.08 Å². The van der Waals surface area contributed by atoms with E-state index in [-0.39, 0.29) is 12.7 Å². The molecule has 2 atom stereocenters. The van der Waals surface area contributed by atoms with E-state index in [4.69, 9.17) is 14.2 Å². The summed E-state index contributed by atoms with van der Waals surface area (Å²) in [6.45, 7) is 6.40. The summed E-state index contributed by atoms with van der Waals surface area (Å²) >= 11 is 0. The maximum absolute atomic E-state index is 11.9. The molecule has 0 spiro atoms. The predicted molar refractivity (Wildman–Crippen MR) is 83.4 cm³/mol. The average Bonchev–Trinajstić information content (AvgIpc) is 3.34. The Morgan fingerprint density at radius 2 is 1.86 bits per heavy atom. The molecule has 1 aliphatic heterocycles. The third kappa shape index (κ3) is 8.82. The molecular formula is C17H28O5. The van der Waals surface area contributed by atoms with Gasteiger partial charge in [0.2, 0.25) is 0 Å². The molecule has 2 unspecified atom stereocenters. The van der Waals surface area contributed by atoms with Crippen LogP contribution in [0.2, 0.25) is 0 Å². The van der Waals surface area contributed by atoms with Gasteiger partial charge in [-0.05, 0) is 12.8 Å². The van der Waals surface area contributed by atoms with Crippen molar-refractivity contribution in [3.63, 3.8) is 0 Å². The number of esters is 2. The van der Waals surface area contributed by atoms with Crippen LogP contribution in [0.1, 0.15) is 58.3 Å². The monoisotopic (exact) mass is 312 g/mol. The van der Waals surface area contributed by atoms with Crippen molar-refractivity contribution in [3.8, 4) is 0 Å². The van der Waals surface area contributed by atoms with Crippen LogP contribution in [-0.2, 0) is 23.8 Å². The molecule has 0 bridgehead atoms. The fourth-order valence-electron chi connectivity index (χ4n) is 2.13. The molecule has 1 aliphatic rings. The second-order valence-electron chi connectivity index (χ2n) is 5.63. The molecule has 0 aromatic heterocycles. The summed E-state index contributed by atoms with van der Waals surface area (Å²) in [5.74, 6) is -1.08. The Bertz CT molecular complexity index is 349. The molecule has 0 radical (unpaired) electrons. The van der Waals surface area contributed by atoms with E-state index in [1.807, 2.05) is 0 Å². The number of rotatable bonds is 13. The molecule has 5 heteroatoms. The molecule has 126 valence electrons. The van der Waals surface area contributed by atoms with Gasteiger partial charge in [0.15, 0.2) is 6.10 Å². The van der Waals surface area contributed by atoms with E-state index in [9.17, 15) is 9.59 Å². The number of epoxide rings is 1. The quantitative estimate of drug-likeness (QED) is 0.226. The lowest BCUT2D eigenvalue weighted by Crippen LogP contribution is -2.29. The Hall–Kier alpha value is -1.36. The van der Waals surface area contributed by atoms with Gasteiger partial charge in [0.1, 0.15) is 12.7 Å². The summed E-state index contributed by atoms with van der Waals surface area (Å²) in [5, 5.41) is 0. The van der Waals surface area contributed by atoms with Gasteiger partial charge in [-0.15, -0.1) is 0 Å². The summed E-state index contributed by atoms with van der Waals surface area (Å²) in [4.78, 5) is 23.3. The highest BCUT2D eigenvalue weighted by Crippen LogP contribution is 2.14. The minimum Gasteiger partial charge on any atom is -0.460 e. The standard InChI is InChI=1S/C17H28O5/c1-3-5-6-7-8-9-10-11-15(22-16(18)4-2)17(19)21-13-14-12-20-14/h4,14-15H,2-3,5-13H2,1H3. The van der Waals surface area contributed by atoms with Crippen molar-refractivity contribution in [1.82, 2.24) is 0 Å². The maximum Gasteiger partial charge on any atom is 0.347 e. The predicted octanol–water partition coefficient (Wildman–Crippen LogP) is 3.17. The van der Waals surface area contributed by atoms with E-state index < -0.39 is 18.0 Å². The Kier molecular flexibility index (Phi) is 9.55. The van der Waals surface area contributed by atoms with Crippen LogP contribution >= 0.6 is 0 Å². The first-order valence-electron chi connectivity index (χ1n) is 8.28. The zero-order chi connectivity index (χ0) is 16.2. The fourth-order valence-corrected chi connectivity index (χ4v) is 2.13. The highest BCUT2D eigenvalue weighted by atomic mass is 16.6. The van der Waals surface area contributed by atoms with Crippen molar-refractivity contribution in [1.29, 1.82) is 0 Å². The Labute approximate surface area is 133 Å². The smallest absolute Gasteiger partial charge is 0.347 e. The van der Waals surface area contributed by atoms with E-state index in [1.54, 1.807) is 0 Å². The maximum atomic E-state index is 11.9. The molecule has 0 saturated carbocycles. The molecule has 22 heavy (non-hydrogen) atoms. The number of unbranched alkanes of at least 4 members (excludes halogenated alkanes) is 6. The van der Waals surface area contributed by atoms with Gasteiger partial charge in [0.05, 0.1) is 6.61 Å². The molecule has 0 N–H and O–H groups in total. The van der Waals surface area contributed by atoms with Crippen LogP contribution in [-0.4, -0.2) is 37.4 Å². The third-order valence-electron chi connectivity index (χ3n) is 3.57. The van der Waals surface area contributed by atoms with Gasteiger partial charge in [-0.3, -0.25) is 0 Å². The molecule has 0 aliphatic carbocycles. The lowest BCUT2D eigenvalue weighted by molar-refractivity contribution is -0.166. The van der Waals surface area contributed by atoms with Crippen LogP contribution in [0.15, 0.2) is 12.7 Å². The van der Waals surface area contributed by atoms with Crippen molar-refractivity contribution in [3.05, 3.63) is 12.7 Å². The van der Waals surface area contributed by atoms with Crippen LogP contribution in [0, 0.1) is 0 Å². The van der Waals surface area contributed by atoms with Gasteiger partial charge < -0.3 is 14.2 Å². The first-order chi connectivity index (χ1) is 10.7. The second kappa shape index (κ2) is 11.2. The van der Waals surface area contributed by atoms with Crippen LogP contribution in [0.3, 0.4) is 0 Å². The zero-order valence-corrected chi connectivity index (χ0v) is 13.6. The lowest BCUT2D eigenvalue weighted by atomic mass is 10.1. The van der Waals surface area contributed by atoms with Crippen molar-refractivity contribution < 1.29 is 23.8 Å². The van der Waals surface area contributed by atoms with Crippen molar-refractivity contribution in [2.45, 2.75) is 70.5 Å². The van der Waals surface area contributed by atoms with Crippen LogP contribution in [0.25, 0.3) is 0 Å². The molecule has 5 nitrogen and oxygen atoms in total. The molecule has 1 heterocycles. The van der Waals surface area contributed by atoms with Crippen molar-refractivity contribution >= 4 is 11.9 Å². The summed E-state index contributed by atoms with van der Waals surface area (Å²) in [6.07, 6.45) is 8.74. The first kappa shape index (κ1) is 18.7. The Morgan fingerprint density at radius 1 is 1.23 bits per heavy atom. The van der Waals surface area contributed by atoms with E-state index in [0.717, 1.165) is 25.3 Å². The molecule has 0 amide bonds. The van der Waals surface area contributed by atoms with Gasteiger partial charge in [-0.25, -0.2) is 9.59 Å². The number of hydrogen-bond acceptors (Lipinski definition) is 5. The number of carbonyl (C=O) groups excluding carboxylic acids is 2. The first-order valence-corrected chi connectivity index (χ1v) is 8.28. The van der Waals surface area contributed by atoms with Crippen molar-refractivity contribution in [2.24, 2.45) is 0 Å². The Balaban J connectivity index is 2.22. The van der Waals surface area contributed by atoms with E-state index in [1.165, 1.54) is 25.7 Å². The number of carbonyl (C=O) groups is 2. The second-order valence-corrected chi connectivity index (χ2v) is 5.63. The number of hydrogen-bond donors (Lipinski definition) is 0. The van der Waals surface area contributed by atoms with Gasteiger partial charge >= 0.3 is 11.9 Å². The summed E-state index contributed by atoms with van der Waals surface area (Å²) in [5.41, 5.74) is 0. The Morgan fingerprint density at radius 3 is 2.45 bits per heavy atom. The molecule has 1 rings (SSSR count). The fraction of sp³-hybridized carbons (Fsp3) is 0.765. The average molecular weight is 312 g/mol. The van der Waals surface area contributed by atoms with Crippen molar-refractivity contribution in [2.75, 3.05) is 13.2 Å². The van der Waals surface area contributed by atoms with E-state index in [2.05, 4.69) is 13.5 Å². The summed E-state index contributed by atoms with van der Waals surface area (Å²) < 4.78 is 15.2. The van der Waals surface area contributed by atoms with Crippen LogP contribution in [0.4, 0.5) is 0 Å². The SMILES string of the molecule is C=CC(=O)OC(CCCCCCCCC)C(=O)OCC1CO1. The van der Waals surface area contributed by atoms with Gasteiger partial charge in [-0.1, -0.05) is 52.0 Å². The van der Waals surface area contributed by atoms with Crippen LogP contribution < -0.4 is 0 Å². The largest absolute Gasteiger partial charge is 0.460 e. The lowest BCUT2D eigenvalue weighted by Gasteiger charge is -2.15. The molecule has 0 aromatic rings. The zero-order valence-electron chi connectivity index (χ0n) is 13.6. The minimum absolute atomic E-state index is 0.0123. The summed E-state index contributed by atoms with van der Waals surface area (Å²) in [7, 11) is 0. The summed E-state index contributed by atoms with van der Waals surface area (Å²) in [6, 6.07) is 0. The highest BCUT2D eigenvalue weighted by molar-refractivity contribution is 5.85. The molecule has 1 saturated heterocycles. The van der Waals surface area contributed by atoms with Crippen LogP contribution in [0.5, 0.6) is 0 Å². The third-order valence-corrected chi connectivity index (χ3v) is 3.57. The van der Waals surface area contributed by atoms with E-state index in [0.29, 0.717) is 13.0 Å². The minimum atomic E-state index is -0.833. The topological polar surface area (TPSA) is 65.1 Å². The molecule has 0 aromatic carbocycles. The van der Waals surface area contributed by atoms with Gasteiger partial charge in [-0.2, -0.15) is 0 Å². The normalized spacial score (nSPS) is 17.6. The van der Waals surface area contributed by atoms with E-state index >= 15 is 0 Å². The molecule has 1 fully saturated rings. The highest BCUT2D eigenvalue weighted by Gasteiger charge is 2.28. The van der Waals surface area contributed by atoms with Gasteiger partial charge in [0.25, 0.3) is 0 Å². The molecular weight excluding hydrogens is 284 g/mol. The number of ether oxygens (including phenoxy) is 3.